The van der Waals surface area contributed by atoms with Crippen LogP contribution in [0.15, 0.2) is 18.0 Å². The average Bonchev–Trinajstić information content (AvgIpc) is 3.02. The molecule has 1 N–H and O–H groups in total. The lowest BCUT2D eigenvalue weighted by Gasteiger charge is -2.31. The van der Waals surface area contributed by atoms with Crippen molar-refractivity contribution < 1.29 is 9.53 Å². The first-order valence-corrected chi connectivity index (χ1v) is 8.85. The number of carbonyl (C=O) groups is 1. The lowest BCUT2D eigenvalue weighted by molar-refractivity contribution is -0.124. The smallest absolute Gasteiger partial charge is 0.234 e. The van der Waals surface area contributed by atoms with Gasteiger partial charge in [0.05, 0.1) is 13.2 Å². The van der Waals surface area contributed by atoms with E-state index in [1.165, 1.54) is 31.3 Å². The third kappa shape index (κ3) is 4.64. The summed E-state index contributed by atoms with van der Waals surface area (Å²) >= 11 is 0. The summed E-state index contributed by atoms with van der Waals surface area (Å²) in [5.41, 5.74) is 1.50. The molecule has 0 radical (unpaired) electrons. The fourth-order valence-electron chi connectivity index (χ4n) is 3.34. The number of hydrogen-bond donors (Lipinski definition) is 1. The van der Waals surface area contributed by atoms with Crippen LogP contribution in [0.5, 0.6) is 0 Å². The molecule has 0 unspecified atom stereocenters. The summed E-state index contributed by atoms with van der Waals surface area (Å²) in [6.07, 6.45) is 9.85. The van der Waals surface area contributed by atoms with Crippen LogP contribution in [0.3, 0.4) is 0 Å². The molecule has 1 aliphatic carbocycles. The quantitative estimate of drug-likeness (QED) is 0.792. The van der Waals surface area contributed by atoms with E-state index in [1.54, 1.807) is 6.33 Å². The molecule has 1 amide bonds. The Balaban J connectivity index is 1.41. The van der Waals surface area contributed by atoms with E-state index in [9.17, 15) is 4.79 Å². The van der Waals surface area contributed by atoms with Gasteiger partial charge in [-0.1, -0.05) is 11.6 Å². The van der Waals surface area contributed by atoms with Gasteiger partial charge in [-0.25, -0.2) is 0 Å². The highest BCUT2D eigenvalue weighted by Crippen LogP contribution is 2.20. The van der Waals surface area contributed by atoms with E-state index < -0.39 is 0 Å². The number of ether oxygens (including phenoxy) is 1. The van der Waals surface area contributed by atoms with Crippen molar-refractivity contribution in [3.63, 3.8) is 0 Å². The zero-order valence-corrected chi connectivity index (χ0v) is 14.4. The number of amides is 1. The summed E-state index contributed by atoms with van der Waals surface area (Å²) in [6.45, 7) is 3.20. The normalized spacial score (nSPS) is 22.2. The first-order chi connectivity index (χ1) is 11.7. The number of rotatable bonds is 6. The molecule has 7 heteroatoms. The molecule has 3 rings (SSSR count). The maximum Gasteiger partial charge on any atom is 0.234 e. The van der Waals surface area contributed by atoms with Gasteiger partial charge in [-0.2, -0.15) is 0 Å². The van der Waals surface area contributed by atoms with Crippen molar-refractivity contribution in [2.24, 2.45) is 7.05 Å². The van der Waals surface area contributed by atoms with Gasteiger partial charge in [-0.3, -0.25) is 9.69 Å². The van der Waals surface area contributed by atoms with E-state index in [0.29, 0.717) is 19.7 Å². The predicted octanol–water partition coefficient (Wildman–Crippen LogP) is 1.20. The van der Waals surface area contributed by atoms with Crippen LogP contribution >= 0.6 is 0 Å². The molecule has 1 atom stereocenters. The molecule has 0 bridgehead atoms. The molecule has 0 aromatic carbocycles. The van der Waals surface area contributed by atoms with Crippen LogP contribution < -0.4 is 5.32 Å². The van der Waals surface area contributed by atoms with E-state index in [2.05, 4.69) is 26.5 Å². The molecule has 1 fully saturated rings. The first-order valence-electron chi connectivity index (χ1n) is 8.85. The molecular formula is C17H27N5O2. The molecule has 1 aromatic rings. The number of aromatic nitrogens is 3. The van der Waals surface area contributed by atoms with Gasteiger partial charge in [0.25, 0.3) is 0 Å². The van der Waals surface area contributed by atoms with Crippen molar-refractivity contribution in [3.8, 4) is 0 Å². The van der Waals surface area contributed by atoms with E-state index >= 15 is 0 Å². The molecular weight excluding hydrogens is 306 g/mol. The van der Waals surface area contributed by atoms with Crippen LogP contribution in [0.25, 0.3) is 0 Å². The summed E-state index contributed by atoms with van der Waals surface area (Å²) in [4.78, 5) is 14.3. The van der Waals surface area contributed by atoms with Crippen molar-refractivity contribution in [3.05, 3.63) is 23.8 Å². The molecule has 0 saturated carbocycles. The van der Waals surface area contributed by atoms with Crippen molar-refractivity contribution >= 4 is 5.91 Å². The summed E-state index contributed by atoms with van der Waals surface area (Å²) in [5, 5.41) is 11.0. The van der Waals surface area contributed by atoms with E-state index in [-0.39, 0.29) is 12.0 Å². The van der Waals surface area contributed by atoms with Crippen LogP contribution in [0, 0.1) is 0 Å². The largest absolute Gasteiger partial charge is 0.368 e. The van der Waals surface area contributed by atoms with E-state index in [1.807, 2.05) is 11.6 Å². The third-order valence-electron chi connectivity index (χ3n) is 4.71. The minimum atomic E-state index is -0.119. The minimum absolute atomic E-state index is 0.0880. The highest BCUT2D eigenvalue weighted by Gasteiger charge is 2.26. The number of hydrogen-bond acceptors (Lipinski definition) is 5. The summed E-state index contributed by atoms with van der Waals surface area (Å²) in [7, 11) is 1.91. The lowest BCUT2D eigenvalue weighted by Crippen LogP contribution is -2.44. The van der Waals surface area contributed by atoms with Crippen LogP contribution in [0.4, 0.5) is 0 Å². The zero-order chi connectivity index (χ0) is 16.8. The average molecular weight is 333 g/mol. The molecule has 1 aromatic heterocycles. The van der Waals surface area contributed by atoms with E-state index in [4.69, 9.17) is 4.74 Å². The van der Waals surface area contributed by atoms with Gasteiger partial charge in [0.15, 0.2) is 5.82 Å². The highest BCUT2D eigenvalue weighted by molar-refractivity contribution is 5.78. The number of nitrogens with one attached hydrogen (secondary N) is 1. The fourth-order valence-corrected chi connectivity index (χ4v) is 3.34. The number of morpholine rings is 1. The second kappa shape index (κ2) is 8.39. The number of nitrogens with zero attached hydrogens (tertiary/aromatic N) is 4. The zero-order valence-electron chi connectivity index (χ0n) is 14.4. The van der Waals surface area contributed by atoms with Crippen molar-refractivity contribution in [1.82, 2.24) is 25.0 Å². The third-order valence-corrected chi connectivity index (χ3v) is 4.71. The molecule has 2 aliphatic rings. The standard InChI is InChI=1S/C17H27N5O2/c1-21-13-19-20-17(21)15-11-22(9-10-24-15)12-16(23)18-8-7-14-5-3-2-4-6-14/h5,13,15H,2-4,6-12H2,1H3,(H,18,23)/t15-/m1/s1. The van der Waals surface area contributed by atoms with Gasteiger partial charge in [0, 0.05) is 26.7 Å². The topological polar surface area (TPSA) is 72.3 Å². The molecule has 132 valence electrons. The second-order valence-corrected chi connectivity index (χ2v) is 6.60. The molecule has 0 spiro atoms. The fraction of sp³-hybridized carbons (Fsp3) is 0.706. The molecule has 1 aliphatic heterocycles. The van der Waals surface area contributed by atoms with Crippen molar-refractivity contribution in [1.29, 1.82) is 0 Å². The number of aryl methyl sites for hydroxylation is 1. The van der Waals surface area contributed by atoms with Crippen LogP contribution in [-0.2, 0) is 16.6 Å². The van der Waals surface area contributed by atoms with Crippen molar-refractivity contribution in [2.75, 3.05) is 32.8 Å². The summed E-state index contributed by atoms with van der Waals surface area (Å²) in [6, 6.07) is 0. The van der Waals surface area contributed by atoms with E-state index in [0.717, 1.165) is 25.3 Å². The first kappa shape index (κ1) is 17.1. The predicted molar refractivity (Wildman–Crippen MR) is 90.3 cm³/mol. The Morgan fingerprint density at radius 2 is 2.38 bits per heavy atom. The monoisotopic (exact) mass is 333 g/mol. The van der Waals surface area contributed by atoms with Gasteiger partial charge in [-0.05, 0) is 32.1 Å². The van der Waals surface area contributed by atoms with Crippen LogP contribution in [0.1, 0.15) is 44.0 Å². The Hall–Kier alpha value is -1.73. The lowest BCUT2D eigenvalue weighted by atomic mass is 9.97. The van der Waals surface area contributed by atoms with Gasteiger partial charge in [0.2, 0.25) is 5.91 Å². The second-order valence-electron chi connectivity index (χ2n) is 6.60. The molecule has 7 nitrogen and oxygen atoms in total. The molecule has 24 heavy (non-hydrogen) atoms. The van der Waals surface area contributed by atoms with Gasteiger partial charge in [0.1, 0.15) is 12.4 Å². The van der Waals surface area contributed by atoms with Gasteiger partial charge >= 0.3 is 0 Å². The van der Waals surface area contributed by atoms with Crippen LogP contribution in [-0.4, -0.2) is 58.4 Å². The van der Waals surface area contributed by atoms with Crippen LogP contribution in [0.2, 0.25) is 0 Å². The maximum absolute atomic E-state index is 12.2. The Bertz CT molecular complexity index is 583. The highest BCUT2D eigenvalue weighted by atomic mass is 16.5. The Morgan fingerprint density at radius 3 is 3.12 bits per heavy atom. The Morgan fingerprint density at radius 1 is 1.46 bits per heavy atom. The molecule has 1 saturated heterocycles. The van der Waals surface area contributed by atoms with Crippen molar-refractivity contribution in [2.45, 2.75) is 38.2 Å². The van der Waals surface area contributed by atoms with Gasteiger partial charge < -0.3 is 14.6 Å². The maximum atomic E-state index is 12.2. The van der Waals surface area contributed by atoms with Gasteiger partial charge in [-0.15, -0.1) is 10.2 Å². The molecule has 2 heterocycles. The SMILES string of the molecule is Cn1cnnc1[C@H]1CN(CC(=O)NCCC2=CCCCC2)CCO1. The Labute approximate surface area is 143 Å². The number of allylic oxidation sites excluding steroid dienone is 1. The summed E-state index contributed by atoms with van der Waals surface area (Å²) < 4.78 is 7.64. The number of carbonyl (C=O) groups excluding carboxylic acids is 1. The minimum Gasteiger partial charge on any atom is -0.368 e. The summed E-state index contributed by atoms with van der Waals surface area (Å²) in [5.74, 6) is 0.898. The Kier molecular flexibility index (Phi) is 5.98.